The van der Waals surface area contributed by atoms with E-state index in [1.54, 1.807) is 13.4 Å². The molecule has 8 heavy (non-hydrogen) atoms. The third kappa shape index (κ3) is 1.15. The second kappa shape index (κ2) is 2.60. The minimum Gasteiger partial charge on any atom is -0.502 e. The minimum atomic E-state index is 0.981. The highest BCUT2D eigenvalue weighted by Crippen LogP contribution is 2.09. The van der Waals surface area contributed by atoms with Crippen LogP contribution in [0.25, 0.3) is 0 Å². The van der Waals surface area contributed by atoms with Crippen molar-refractivity contribution in [2.45, 2.75) is 12.8 Å². The zero-order chi connectivity index (χ0) is 5.82. The summed E-state index contributed by atoms with van der Waals surface area (Å²) in [4.78, 5) is 0. The molecule has 2 nitrogen and oxygen atoms in total. The summed E-state index contributed by atoms with van der Waals surface area (Å²) >= 11 is 0. The molecule has 1 heterocycles. The smallest absolute Gasteiger partial charge is 0.103 e. The molecule has 0 aromatic heterocycles. The summed E-state index contributed by atoms with van der Waals surface area (Å²) in [6, 6.07) is 0. The average Bonchev–Trinajstić information content (AvgIpc) is 2.19. The second-order valence-corrected chi connectivity index (χ2v) is 1.83. The van der Waals surface area contributed by atoms with Gasteiger partial charge in [0.15, 0.2) is 0 Å². The van der Waals surface area contributed by atoms with Crippen LogP contribution in [0, 0.1) is 0 Å². The van der Waals surface area contributed by atoms with Crippen molar-refractivity contribution >= 4 is 0 Å². The van der Waals surface area contributed by atoms with E-state index in [9.17, 15) is 0 Å². The highest BCUT2D eigenvalue weighted by Gasteiger charge is 2.05. The summed E-state index contributed by atoms with van der Waals surface area (Å²) in [6.07, 6.45) is 4.00. The first-order chi connectivity index (χ1) is 3.93. The maximum atomic E-state index is 4.77. The van der Waals surface area contributed by atoms with E-state index in [0.29, 0.717) is 0 Å². The average molecular weight is 112 g/mol. The zero-order valence-electron chi connectivity index (χ0n) is 5.05. The first-order valence-corrected chi connectivity index (χ1v) is 2.83. The van der Waals surface area contributed by atoms with Crippen LogP contribution in [0.15, 0.2) is 12.0 Å². The Hall–Kier alpha value is -0.660. The van der Waals surface area contributed by atoms with Gasteiger partial charge in [-0.05, 0) is 12.8 Å². The third-order valence-corrected chi connectivity index (χ3v) is 1.16. The molecule has 0 aromatic rings. The number of rotatable bonds is 1. The lowest BCUT2D eigenvalue weighted by Gasteiger charge is -1.91. The van der Waals surface area contributed by atoms with Crippen LogP contribution < -0.4 is 5.32 Å². The molecule has 0 bridgehead atoms. The molecular formula is C6H10NO. The molecule has 0 spiro atoms. The van der Waals surface area contributed by atoms with Gasteiger partial charge in [-0.1, -0.05) is 0 Å². The summed E-state index contributed by atoms with van der Waals surface area (Å²) < 4.78 is 4.77. The largest absolute Gasteiger partial charge is 0.502 e. The van der Waals surface area contributed by atoms with Gasteiger partial charge in [0, 0.05) is 6.54 Å². The van der Waals surface area contributed by atoms with Gasteiger partial charge in [0.1, 0.15) is 6.26 Å². The van der Waals surface area contributed by atoms with Gasteiger partial charge in [-0.15, -0.1) is 0 Å². The van der Waals surface area contributed by atoms with Crippen LogP contribution in [-0.2, 0) is 4.74 Å². The van der Waals surface area contributed by atoms with Crippen LogP contribution >= 0.6 is 0 Å². The number of nitrogens with zero attached hydrogens (tertiary/aromatic N) is 1. The SMILES string of the molecule is CO/C=C1/CCC[N]1. The quantitative estimate of drug-likeness (QED) is 0.462. The van der Waals surface area contributed by atoms with Gasteiger partial charge < -0.3 is 4.74 Å². The Labute approximate surface area is 49.5 Å². The highest BCUT2D eigenvalue weighted by molar-refractivity contribution is 4.99. The predicted octanol–water partition coefficient (Wildman–Crippen LogP) is 0.872. The van der Waals surface area contributed by atoms with Crippen LogP contribution in [0.2, 0.25) is 0 Å². The van der Waals surface area contributed by atoms with Crippen molar-refractivity contribution in [3.8, 4) is 0 Å². The first-order valence-electron chi connectivity index (χ1n) is 2.83. The minimum absolute atomic E-state index is 0.981. The molecular weight excluding hydrogens is 102 g/mol. The van der Waals surface area contributed by atoms with E-state index in [-0.39, 0.29) is 0 Å². The first kappa shape index (κ1) is 5.48. The number of allylic oxidation sites excluding steroid dienone is 1. The number of hydrogen-bond donors (Lipinski definition) is 0. The van der Waals surface area contributed by atoms with Crippen LogP contribution in [0.3, 0.4) is 0 Å². The summed E-state index contributed by atoms with van der Waals surface area (Å²) in [5.74, 6) is 0. The van der Waals surface area contributed by atoms with Crippen molar-refractivity contribution in [1.82, 2.24) is 5.32 Å². The monoisotopic (exact) mass is 112 g/mol. The molecule has 0 saturated carbocycles. The van der Waals surface area contributed by atoms with E-state index in [4.69, 9.17) is 4.74 Å². The van der Waals surface area contributed by atoms with E-state index in [0.717, 1.165) is 18.7 Å². The van der Waals surface area contributed by atoms with E-state index in [1.165, 1.54) is 6.42 Å². The fraction of sp³-hybridized carbons (Fsp3) is 0.667. The second-order valence-electron chi connectivity index (χ2n) is 1.83. The van der Waals surface area contributed by atoms with Crippen LogP contribution in [0.4, 0.5) is 0 Å². The Balaban J connectivity index is 2.33. The van der Waals surface area contributed by atoms with E-state index < -0.39 is 0 Å². The molecule has 45 valence electrons. The van der Waals surface area contributed by atoms with E-state index in [1.807, 2.05) is 0 Å². The number of methoxy groups -OCH3 is 1. The molecule has 1 radical (unpaired) electrons. The molecule has 0 N–H and O–H groups in total. The molecule has 1 aliphatic rings. The van der Waals surface area contributed by atoms with Gasteiger partial charge >= 0.3 is 0 Å². The molecule has 0 aliphatic carbocycles. The molecule has 2 heteroatoms. The van der Waals surface area contributed by atoms with Crippen molar-refractivity contribution < 1.29 is 4.74 Å². The third-order valence-electron chi connectivity index (χ3n) is 1.16. The molecule has 0 aromatic carbocycles. The predicted molar refractivity (Wildman–Crippen MR) is 31.3 cm³/mol. The number of hydrogen-bond acceptors (Lipinski definition) is 1. The Morgan fingerprint density at radius 1 is 1.75 bits per heavy atom. The number of ether oxygens (including phenoxy) is 1. The van der Waals surface area contributed by atoms with Gasteiger partial charge in [0.25, 0.3) is 0 Å². The summed E-state index contributed by atoms with van der Waals surface area (Å²) in [5.41, 5.74) is 1.10. The lowest BCUT2D eigenvalue weighted by molar-refractivity contribution is 0.331. The van der Waals surface area contributed by atoms with Crippen molar-refractivity contribution in [2.75, 3.05) is 13.7 Å². The van der Waals surface area contributed by atoms with Crippen molar-refractivity contribution in [2.24, 2.45) is 0 Å². The molecule has 0 amide bonds. The van der Waals surface area contributed by atoms with Crippen LogP contribution in [-0.4, -0.2) is 13.7 Å². The molecule has 0 unspecified atom stereocenters. The van der Waals surface area contributed by atoms with Crippen molar-refractivity contribution in [3.63, 3.8) is 0 Å². The van der Waals surface area contributed by atoms with Gasteiger partial charge in [0.05, 0.1) is 12.8 Å². The van der Waals surface area contributed by atoms with Crippen LogP contribution in [0.5, 0.6) is 0 Å². The molecule has 0 atom stereocenters. The summed E-state index contributed by atoms with van der Waals surface area (Å²) in [7, 11) is 1.65. The highest BCUT2D eigenvalue weighted by atomic mass is 16.5. The van der Waals surface area contributed by atoms with Gasteiger partial charge in [-0.25, -0.2) is 0 Å². The fourth-order valence-electron chi connectivity index (χ4n) is 0.794. The van der Waals surface area contributed by atoms with Crippen molar-refractivity contribution in [1.29, 1.82) is 0 Å². The zero-order valence-corrected chi connectivity index (χ0v) is 5.05. The maximum Gasteiger partial charge on any atom is 0.103 e. The van der Waals surface area contributed by atoms with Gasteiger partial charge in [-0.2, -0.15) is 0 Å². The maximum absolute atomic E-state index is 4.77. The van der Waals surface area contributed by atoms with Crippen molar-refractivity contribution in [3.05, 3.63) is 12.0 Å². The fourth-order valence-corrected chi connectivity index (χ4v) is 0.794. The normalized spacial score (nSPS) is 23.4. The Morgan fingerprint density at radius 2 is 2.62 bits per heavy atom. The topological polar surface area (TPSA) is 23.3 Å². The molecule has 1 aliphatic heterocycles. The summed E-state index contributed by atoms with van der Waals surface area (Å²) in [6.45, 7) is 0.981. The summed E-state index contributed by atoms with van der Waals surface area (Å²) in [5, 5.41) is 4.16. The van der Waals surface area contributed by atoms with Crippen LogP contribution in [0.1, 0.15) is 12.8 Å². The van der Waals surface area contributed by atoms with E-state index >= 15 is 0 Å². The molecule has 1 rings (SSSR count). The lowest BCUT2D eigenvalue weighted by Crippen LogP contribution is -1.93. The molecule has 1 fully saturated rings. The Morgan fingerprint density at radius 3 is 3.12 bits per heavy atom. The standard InChI is InChI=1S/C6H10NO/c1-8-5-6-3-2-4-7-6/h5H,2-4H2,1H3/b6-5-. The lowest BCUT2D eigenvalue weighted by atomic mass is 10.3. The van der Waals surface area contributed by atoms with E-state index in [2.05, 4.69) is 5.32 Å². The Bertz CT molecular complexity index is 90.7. The van der Waals surface area contributed by atoms with Gasteiger partial charge in [0.2, 0.25) is 0 Å². The van der Waals surface area contributed by atoms with Gasteiger partial charge in [-0.3, -0.25) is 5.32 Å². The molecule has 1 saturated heterocycles. The Kier molecular flexibility index (Phi) is 1.78.